The Labute approximate surface area is 67.4 Å². The van der Waals surface area contributed by atoms with Crippen molar-refractivity contribution in [1.82, 2.24) is 14.8 Å². The number of hydrogen-bond acceptors (Lipinski definition) is 2. The van der Waals surface area contributed by atoms with Crippen LogP contribution in [-0.4, -0.2) is 14.8 Å². The molecule has 0 radical (unpaired) electrons. The molecule has 0 aliphatic carbocycles. The van der Waals surface area contributed by atoms with E-state index in [0.717, 1.165) is 12.2 Å². The van der Waals surface area contributed by atoms with Crippen LogP contribution >= 0.6 is 0 Å². The van der Waals surface area contributed by atoms with Gasteiger partial charge in [-0.25, -0.2) is 4.98 Å². The van der Waals surface area contributed by atoms with Gasteiger partial charge in [0.1, 0.15) is 6.33 Å². The van der Waals surface area contributed by atoms with Gasteiger partial charge in [-0.05, 0) is 5.41 Å². The third-order valence-corrected chi connectivity index (χ3v) is 1.34. The van der Waals surface area contributed by atoms with Gasteiger partial charge >= 0.3 is 0 Å². The highest BCUT2D eigenvalue weighted by Gasteiger charge is 2.13. The lowest BCUT2D eigenvalue weighted by Crippen LogP contribution is -2.10. The first-order chi connectivity index (χ1) is 4.97. The molecule has 0 spiro atoms. The van der Waals surface area contributed by atoms with Crippen molar-refractivity contribution < 1.29 is 0 Å². The topological polar surface area (TPSA) is 30.7 Å². The average Bonchev–Trinajstić information content (AvgIpc) is 2.10. The van der Waals surface area contributed by atoms with Crippen LogP contribution < -0.4 is 0 Å². The van der Waals surface area contributed by atoms with E-state index in [-0.39, 0.29) is 5.41 Å². The molecule has 0 atom stereocenters. The quantitative estimate of drug-likeness (QED) is 0.610. The normalized spacial score (nSPS) is 12.0. The Balaban J connectivity index is 2.65. The maximum absolute atomic E-state index is 4.20. The predicted octanol–water partition coefficient (Wildman–Crippen LogP) is 1.40. The fourth-order valence-electron chi connectivity index (χ4n) is 0.939. The zero-order valence-corrected chi connectivity index (χ0v) is 7.63. The second-order valence-electron chi connectivity index (χ2n) is 4.07. The van der Waals surface area contributed by atoms with E-state index in [9.17, 15) is 0 Å². The molecule has 3 heteroatoms. The van der Waals surface area contributed by atoms with E-state index in [1.54, 1.807) is 11.0 Å². The van der Waals surface area contributed by atoms with Crippen LogP contribution in [0.5, 0.6) is 0 Å². The lowest BCUT2D eigenvalue weighted by Gasteiger charge is -2.14. The van der Waals surface area contributed by atoms with Crippen molar-refractivity contribution in [3.05, 3.63) is 12.2 Å². The highest BCUT2D eigenvalue weighted by molar-refractivity contribution is 4.86. The fraction of sp³-hybridized carbons (Fsp3) is 0.750. The molecule has 0 amide bonds. The zero-order valence-electron chi connectivity index (χ0n) is 7.63. The van der Waals surface area contributed by atoms with Gasteiger partial charge in [0.2, 0.25) is 0 Å². The molecule has 62 valence electrons. The molecule has 1 aromatic rings. The molecule has 11 heavy (non-hydrogen) atoms. The van der Waals surface area contributed by atoms with Crippen LogP contribution in [0.4, 0.5) is 0 Å². The first-order valence-corrected chi connectivity index (χ1v) is 3.82. The van der Waals surface area contributed by atoms with E-state index in [1.807, 2.05) is 7.05 Å². The molecule has 0 unspecified atom stereocenters. The number of aryl methyl sites for hydroxylation is 1. The third-order valence-electron chi connectivity index (χ3n) is 1.34. The molecule has 1 rings (SSSR count). The largest absolute Gasteiger partial charge is 0.256 e. The molecule has 0 aliphatic heterocycles. The highest BCUT2D eigenvalue weighted by Crippen LogP contribution is 2.17. The summed E-state index contributed by atoms with van der Waals surface area (Å²) in [5.74, 6) is 0.931. The lowest BCUT2D eigenvalue weighted by molar-refractivity contribution is 0.400. The molecule has 0 aromatic carbocycles. The van der Waals surface area contributed by atoms with Gasteiger partial charge in [0.05, 0.1) is 0 Å². The Hall–Kier alpha value is -0.860. The van der Waals surface area contributed by atoms with Crippen molar-refractivity contribution in [2.24, 2.45) is 12.5 Å². The van der Waals surface area contributed by atoms with Gasteiger partial charge in [0.25, 0.3) is 0 Å². The molecule has 1 aromatic heterocycles. The molecule has 3 nitrogen and oxygen atoms in total. The number of nitrogens with zero attached hydrogens (tertiary/aromatic N) is 3. The van der Waals surface area contributed by atoms with Crippen LogP contribution in [0, 0.1) is 5.41 Å². The van der Waals surface area contributed by atoms with E-state index in [0.29, 0.717) is 0 Å². The first-order valence-electron chi connectivity index (χ1n) is 3.82. The Morgan fingerprint density at radius 3 is 2.45 bits per heavy atom. The summed E-state index contributed by atoms with van der Waals surface area (Å²) >= 11 is 0. The predicted molar refractivity (Wildman–Crippen MR) is 44.2 cm³/mol. The van der Waals surface area contributed by atoms with Crippen molar-refractivity contribution in [2.45, 2.75) is 27.2 Å². The summed E-state index contributed by atoms with van der Waals surface area (Å²) in [5.41, 5.74) is 0.279. The molecule has 0 saturated carbocycles. The molecule has 0 aliphatic rings. The van der Waals surface area contributed by atoms with Gasteiger partial charge in [-0.3, -0.25) is 4.68 Å². The van der Waals surface area contributed by atoms with E-state index in [4.69, 9.17) is 0 Å². The van der Waals surface area contributed by atoms with E-state index < -0.39 is 0 Å². The smallest absolute Gasteiger partial charge is 0.151 e. The van der Waals surface area contributed by atoms with Crippen LogP contribution in [0.15, 0.2) is 6.33 Å². The maximum Gasteiger partial charge on any atom is 0.151 e. The zero-order chi connectivity index (χ0) is 8.48. The van der Waals surface area contributed by atoms with Gasteiger partial charge in [0, 0.05) is 13.5 Å². The fourth-order valence-corrected chi connectivity index (χ4v) is 0.939. The van der Waals surface area contributed by atoms with Gasteiger partial charge in [-0.1, -0.05) is 20.8 Å². The summed E-state index contributed by atoms with van der Waals surface area (Å²) in [6.45, 7) is 6.55. The Bertz CT molecular complexity index is 232. The second kappa shape index (κ2) is 2.64. The summed E-state index contributed by atoms with van der Waals surface area (Å²) < 4.78 is 1.74. The highest BCUT2D eigenvalue weighted by atomic mass is 15.3. The lowest BCUT2D eigenvalue weighted by atomic mass is 9.92. The van der Waals surface area contributed by atoms with Crippen LogP contribution in [0.1, 0.15) is 26.6 Å². The van der Waals surface area contributed by atoms with Crippen LogP contribution in [-0.2, 0) is 13.5 Å². The number of aromatic nitrogens is 3. The molecule has 0 N–H and O–H groups in total. The van der Waals surface area contributed by atoms with E-state index in [1.165, 1.54) is 0 Å². The summed E-state index contributed by atoms with van der Waals surface area (Å²) in [5, 5.41) is 4.20. The number of hydrogen-bond donors (Lipinski definition) is 0. The van der Waals surface area contributed by atoms with Crippen molar-refractivity contribution in [3.63, 3.8) is 0 Å². The molecule has 1 heterocycles. The van der Waals surface area contributed by atoms with Gasteiger partial charge in [-0.15, -0.1) is 0 Å². The van der Waals surface area contributed by atoms with Crippen molar-refractivity contribution in [3.8, 4) is 0 Å². The molecular formula is C8H15N3. The van der Waals surface area contributed by atoms with E-state index in [2.05, 4.69) is 30.9 Å². The van der Waals surface area contributed by atoms with E-state index >= 15 is 0 Å². The Kier molecular flexibility index (Phi) is 1.98. The first kappa shape index (κ1) is 8.24. The van der Waals surface area contributed by atoms with Crippen LogP contribution in [0.2, 0.25) is 0 Å². The minimum absolute atomic E-state index is 0.279. The SMILES string of the molecule is Cn1cnc(CC(C)(C)C)n1. The molecule has 0 saturated heterocycles. The minimum atomic E-state index is 0.279. The Morgan fingerprint density at radius 1 is 1.45 bits per heavy atom. The summed E-state index contributed by atoms with van der Waals surface area (Å²) in [7, 11) is 1.89. The van der Waals surface area contributed by atoms with Gasteiger partial charge < -0.3 is 0 Å². The monoisotopic (exact) mass is 153 g/mol. The number of rotatable bonds is 1. The molecular weight excluding hydrogens is 138 g/mol. The van der Waals surface area contributed by atoms with Gasteiger partial charge in [-0.2, -0.15) is 5.10 Å². The maximum atomic E-state index is 4.20. The van der Waals surface area contributed by atoms with Crippen molar-refractivity contribution >= 4 is 0 Å². The summed E-state index contributed by atoms with van der Waals surface area (Å²) in [6, 6.07) is 0. The minimum Gasteiger partial charge on any atom is -0.256 e. The third kappa shape index (κ3) is 2.70. The second-order valence-corrected chi connectivity index (χ2v) is 4.07. The van der Waals surface area contributed by atoms with Crippen molar-refractivity contribution in [2.75, 3.05) is 0 Å². The standard InChI is InChI=1S/C8H15N3/c1-8(2,3)5-7-9-6-11(4)10-7/h6H,5H2,1-4H3. The molecule has 0 fully saturated rings. The van der Waals surface area contributed by atoms with Crippen LogP contribution in [0.3, 0.4) is 0 Å². The molecule has 0 bridgehead atoms. The van der Waals surface area contributed by atoms with Crippen molar-refractivity contribution in [1.29, 1.82) is 0 Å². The summed E-state index contributed by atoms with van der Waals surface area (Å²) in [4.78, 5) is 4.15. The van der Waals surface area contributed by atoms with Gasteiger partial charge in [0.15, 0.2) is 5.82 Å². The summed E-state index contributed by atoms with van der Waals surface area (Å²) in [6.07, 6.45) is 2.68. The average molecular weight is 153 g/mol. The Morgan fingerprint density at radius 2 is 2.09 bits per heavy atom. The van der Waals surface area contributed by atoms with Crippen LogP contribution in [0.25, 0.3) is 0 Å².